The van der Waals surface area contributed by atoms with Crippen LogP contribution in [0.2, 0.25) is 0 Å². The molecule has 1 amide bonds. The molecule has 4 aromatic rings. The van der Waals surface area contributed by atoms with Gasteiger partial charge in [0.2, 0.25) is 0 Å². The predicted octanol–water partition coefficient (Wildman–Crippen LogP) is 3.74. The van der Waals surface area contributed by atoms with Gasteiger partial charge in [0.05, 0.1) is 22.1 Å². The van der Waals surface area contributed by atoms with Crippen molar-refractivity contribution in [2.45, 2.75) is 0 Å². The van der Waals surface area contributed by atoms with E-state index in [2.05, 4.69) is 15.3 Å². The Balaban J connectivity index is 1.71. The smallest absolute Gasteiger partial charge is 0.255 e. The van der Waals surface area contributed by atoms with E-state index in [1.807, 2.05) is 24.3 Å². The van der Waals surface area contributed by atoms with Crippen molar-refractivity contribution >= 4 is 33.7 Å². The molecule has 116 valence electrons. The van der Waals surface area contributed by atoms with E-state index in [0.29, 0.717) is 16.8 Å². The van der Waals surface area contributed by atoms with Crippen molar-refractivity contribution in [3.05, 3.63) is 72.3 Å². The Bertz CT molecular complexity index is 1080. The molecule has 0 saturated heterocycles. The van der Waals surface area contributed by atoms with Gasteiger partial charge >= 0.3 is 0 Å². The van der Waals surface area contributed by atoms with Crippen molar-refractivity contribution in [2.75, 3.05) is 5.32 Å². The summed E-state index contributed by atoms with van der Waals surface area (Å²) in [6, 6.07) is 19.3. The fourth-order valence-electron chi connectivity index (χ4n) is 2.55. The van der Waals surface area contributed by atoms with Crippen LogP contribution < -0.4 is 5.32 Å². The second-order valence-electron chi connectivity index (χ2n) is 5.42. The highest BCUT2D eigenvalue weighted by Crippen LogP contribution is 2.19. The minimum atomic E-state index is -0.266. The lowest BCUT2D eigenvalue weighted by molar-refractivity contribution is 0.102. The number of rotatable bonds is 2. The summed E-state index contributed by atoms with van der Waals surface area (Å²) >= 11 is 0. The number of nitrogens with one attached hydrogen (secondary N) is 1. The summed E-state index contributed by atoms with van der Waals surface area (Å²) in [5.41, 5.74) is 4.03. The Morgan fingerprint density at radius 2 is 1.50 bits per heavy atom. The first-order chi connectivity index (χ1) is 11.7. The largest absolute Gasteiger partial charge is 0.508 e. The number of para-hydroxylation sites is 2. The minimum absolute atomic E-state index is 0.101. The molecule has 0 spiro atoms. The number of carbonyl (C=O) groups excluding carboxylic acids is 1. The fourth-order valence-corrected chi connectivity index (χ4v) is 2.55. The molecule has 0 aliphatic carbocycles. The molecule has 0 bridgehead atoms. The second-order valence-corrected chi connectivity index (χ2v) is 5.42. The number of nitrogens with zero attached hydrogens (tertiary/aromatic N) is 2. The molecule has 4 rings (SSSR count). The summed E-state index contributed by atoms with van der Waals surface area (Å²) in [4.78, 5) is 21.5. The van der Waals surface area contributed by atoms with Crippen LogP contribution in [0.3, 0.4) is 0 Å². The van der Waals surface area contributed by atoms with E-state index in [0.717, 1.165) is 16.6 Å². The van der Waals surface area contributed by atoms with Gasteiger partial charge in [-0.3, -0.25) is 4.79 Å². The SMILES string of the molecule is O=C(Nc1cccc(O)c1)c1ccc2nc3ccccc3nc2c1. The summed E-state index contributed by atoms with van der Waals surface area (Å²) in [6.07, 6.45) is 0. The molecule has 0 aliphatic rings. The average molecular weight is 315 g/mol. The van der Waals surface area contributed by atoms with Gasteiger partial charge in [-0.05, 0) is 42.5 Å². The third kappa shape index (κ3) is 2.63. The number of anilines is 1. The zero-order chi connectivity index (χ0) is 16.5. The monoisotopic (exact) mass is 315 g/mol. The van der Waals surface area contributed by atoms with Crippen molar-refractivity contribution in [3.8, 4) is 5.75 Å². The molecule has 0 fully saturated rings. The van der Waals surface area contributed by atoms with Crippen molar-refractivity contribution < 1.29 is 9.90 Å². The molecular formula is C19H13N3O2. The topological polar surface area (TPSA) is 75.1 Å². The second kappa shape index (κ2) is 5.62. The third-order valence-electron chi connectivity index (χ3n) is 3.71. The predicted molar refractivity (Wildman–Crippen MR) is 93.1 cm³/mol. The molecule has 0 radical (unpaired) electrons. The summed E-state index contributed by atoms with van der Waals surface area (Å²) in [7, 11) is 0. The van der Waals surface area contributed by atoms with Crippen molar-refractivity contribution in [1.29, 1.82) is 0 Å². The summed E-state index contributed by atoms with van der Waals surface area (Å²) in [5.74, 6) is -0.166. The van der Waals surface area contributed by atoms with Crippen LogP contribution in [0, 0.1) is 0 Å². The van der Waals surface area contributed by atoms with Crippen molar-refractivity contribution in [1.82, 2.24) is 9.97 Å². The van der Waals surface area contributed by atoms with Crippen LogP contribution in [0.25, 0.3) is 22.1 Å². The van der Waals surface area contributed by atoms with E-state index in [-0.39, 0.29) is 11.7 Å². The first-order valence-corrected chi connectivity index (χ1v) is 7.46. The molecule has 5 nitrogen and oxygen atoms in total. The van der Waals surface area contributed by atoms with Crippen LogP contribution >= 0.6 is 0 Å². The summed E-state index contributed by atoms with van der Waals surface area (Å²) in [5, 5.41) is 12.2. The van der Waals surface area contributed by atoms with Crippen molar-refractivity contribution in [3.63, 3.8) is 0 Å². The number of carbonyl (C=O) groups is 1. The van der Waals surface area contributed by atoms with Crippen LogP contribution in [0.5, 0.6) is 5.75 Å². The van der Waals surface area contributed by atoms with Gasteiger partial charge in [0.1, 0.15) is 5.75 Å². The van der Waals surface area contributed by atoms with Gasteiger partial charge in [0.15, 0.2) is 0 Å². The van der Waals surface area contributed by atoms with E-state index in [4.69, 9.17) is 0 Å². The number of hydrogen-bond donors (Lipinski definition) is 2. The van der Waals surface area contributed by atoms with E-state index >= 15 is 0 Å². The maximum absolute atomic E-state index is 12.4. The van der Waals surface area contributed by atoms with E-state index in [1.165, 1.54) is 6.07 Å². The maximum atomic E-state index is 12.4. The van der Waals surface area contributed by atoms with Gasteiger partial charge in [-0.2, -0.15) is 0 Å². The normalized spacial score (nSPS) is 10.8. The Morgan fingerprint density at radius 3 is 2.25 bits per heavy atom. The van der Waals surface area contributed by atoms with Crippen LogP contribution in [-0.2, 0) is 0 Å². The maximum Gasteiger partial charge on any atom is 0.255 e. The molecule has 2 N–H and O–H groups in total. The molecule has 3 aromatic carbocycles. The highest BCUT2D eigenvalue weighted by Gasteiger charge is 2.09. The fraction of sp³-hybridized carbons (Fsp3) is 0. The third-order valence-corrected chi connectivity index (χ3v) is 3.71. The number of phenolic OH excluding ortho intramolecular Hbond substituents is 1. The summed E-state index contributed by atoms with van der Waals surface area (Å²) < 4.78 is 0. The lowest BCUT2D eigenvalue weighted by Crippen LogP contribution is -2.11. The van der Waals surface area contributed by atoms with Crippen LogP contribution in [-0.4, -0.2) is 21.0 Å². The molecule has 0 atom stereocenters. The summed E-state index contributed by atoms with van der Waals surface area (Å²) in [6.45, 7) is 0. The first kappa shape index (κ1) is 14.1. The van der Waals surface area contributed by atoms with Gasteiger partial charge in [-0.15, -0.1) is 0 Å². The average Bonchev–Trinajstić information content (AvgIpc) is 2.59. The van der Waals surface area contributed by atoms with Gasteiger partial charge < -0.3 is 10.4 Å². The Kier molecular flexibility index (Phi) is 3.31. The zero-order valence-electron chi connectivity index (χ0n) is 12.6. The molecule has 24 heavy (non-hydrogen) atoms. The molecule has 5 heteroatoms. The van der Waals surface area contributed by atoms with Crippen molar-refractivity contribution in [2.24, 2.45) is 0 Å². The lowest BCUT2D eigenvalue weighted by atomic mass is 10.1. The highest BCUT2D eigenvalue weighted by atomic mass is 16.3. The molecule has 0 aliphatic heterocycles. The number of fused-ring (bicyclic) bond motifs is 2. The van der Waals surface area contributed by atoms with Gasteiger partial charge in [-0.25, -0.2) is 9.97 Å². The molecular weight excluding hydrogens is 302 g/mol. The van der Waals surface area contributed by atoms with Gasteiger partial charge in [0, 0.05) is 17.3 Å². The minimum Gasteiger partial charge on any atom is -0.508 e. The van der Waals surface area contributed by atoms with Gasteiger partial charge in [-0.1, -0.05) is 18.2 Å². The van der Waals surface area contributed by atoms with E-state index in [9.17, 15) is 9.90 Å². The Morgan fingerprint density at radius 1 is 0.792 bits per heavy atom. The lowest BCUT2D eigenvalue weighted by Gasteiger charge is -2.07. The number of phenols is 1. The molecule has 0 unspecified atom stereocenters. The van der Waals surface area contributed by atoms with Crippen LogP contribution in [0.15, 0.2) is 66.7 Å². The number of amides is 1. The number of benzene rings is 3. The standard InChI is InChI=1S/C19H13N3O2/c23-14-5-3-4-13(11-14)20-19(24)12-8-9-17-18(10-12)22-16-7-2-1-6-15(16)21-17/h1-11,23H,(H,20,24). The quantitative estimate of drug-likeness (QED) is 0.553. The van der Waals surface area contributed by atoms with E-state index in [1.54, 1.807) is 36.4 Å². The number of aromatic hydroxyl groups is 1. The van der Waals surface area contributed by atoms with Crippen LogP contribution in [0.4, 0.5) is 5.69 Å². The number of hydrogen-bond acceptors (Lipinski definition) is 4. The van der Waals surface area contributed by atoms with E-state index < -0.39 is 0 Å². The molecule has 1 aromatic heterocycles. The van der Waals surface area contributed by atoms with Crippen LogP contribution in [0.1, 0.15) is 10.4 Å². The zero-order valence-corrected chi connectivity index (χ0v) is 12.6. The molecule has 0 saturated carbocycles. The van der Waals surface area contributed by atoms with Gasteiger partial charge in [0.25, 0.3) is 5.91 Å². The Hall–Kier alpha value is -3.47. The number of aromatic nitrogens is 2. The first-order valence-electron chi connectivity index (χ1n) is 7.46. The highest BCUT2D eigenvalue weighted by molar-refractivity contribution is 6.06. The molecule has 1 heterocycles. The Labute approximate surface area is 137 Å².